The van der Waals surface area contributed by atoms with Crippen molar-refractivity contribution in [1.82, 2.24) is 5.09 Å². The Hall–Kier alpha value is -2.92. The molecule has 33 heavy (non-hydrogen) atoms. The number of nitro benzene ring substituents is 2. The molecule has 0 heterocycles. The van der Waals surface area contributed by atoms with Crippen molar-refractivity contribution in [3.05, 3.63) is 66.7 Å². The van der Waals surface area contributed by atoms with Gasteiger partial charge in [-0.25, -0.2) is 4.57 Å². The summed E-state index contributed by atoms with van der Waals surface area (Å²) in [5, 5.41) is 23.7. The molecule has 0 fully saturated rings. The molecule has 0 saturated carbocycles. The van der Waals surface area contributed by atoms with Crippen LogP contribution in [0.1, 0.15) is 20.8 Å². The normalized spacial score (nSPS) is 12.2. The van der Waals surface area contributed by atoms with Gasteiger partial charge in [-0.05, 0) is 32.9 Å². The molecule has 1 atom stereocenters. The zero-order valence-corrected chi connectivity index (χ0v) is 19.8. The van der Waals surface area contributed by atoms with E-state index in [4.69, 9.17) is 37.0 Å². The third kappa shape index (κ3) is 7.29. The minimum absolute atomic E-state index is 0.262. The predicted molar refractivity (Wildman–Crippen MR) is 119 cm³/mol. The molecule has 0 bridgehead atoms. The minimum atomic E-state index is -4.51. The Bertz CT molecular complexity index is 1060. The number of ether oxygens (including phenoxy) is 1. The molecule has 0 radical (unpaired) electrons. The fourth-order valence-corrected chi connectivity index (χ4v) is 4.40. The number of non-ortho nitro benzene ring substituents is 2. The first-order chi connectivity index (χ1) is 15.3. The maximum absolute atomic E-state index is 13.5. The molecule has 2 aromatic carbocycles. The number of nitrogens with one attached hydrogen (secondary N) is 1. The van der Waals surface area contributed by atoms with Crippen LogP contribution in [0.2, 0.25) is 10.0 Å². The number of carbonyl (C=O) groups is 1. The number of halogens is 2. The molecule has 15 heteroatoms. The Morgan fingerprint density at radius 1 is 0.939 bits per heavy atom. The lowest BCUT2D eigenvalue weighted by Crippen LogP contribution is -2.36. The highest BCUT2D eigenvalue weighted by Gasteiger charge is 2.35. The van der Waals surface area contributed by atoms with Crippen LogP contribution in [-0.4, -0.2) is 28.0 Å². The first-order valence-electron chi connectivity index (χ1n) is 9.16. The number of carbonyl (C=O) groups excluding carboxylic acids is 1. The third-order valence-electron chi connectivity index (χ3n) is 3.75. The van der Waals surface area contributed by atoms with E-state index >= 15 is 0 Å². The average molecular weight is 522 g/mol. The van der Waals surface area contributed by atoms with Gasteiger partial charge in [-0.3, -0.25) is 25.0 Å². The SMILES string of the molecule is CC(C)OC(=O)[C@H](C)NP(=O)(Oc1ccc([N+](=O)[O-])cc1Cl)Oc1ccc([N+](=O)[O-])cc1Cl. The minimum Gasteiger partial charge on any atom is -0.462 e. The van der Waals surface area contributed by atoms with Gasteiger partial charge in [0.15, 0.2) is 11.5 Å². The van der Waals surface area contributed by atoms with Gasteiger partial charge in [0.05, 0.1) is 26.0 Å². The van der Waals surface area contributed by atoms with Crippen LogP contribution in [0.4, 0.5) is 11.4 Å². The fraction of sp³-hybridized carbons (Fsp3) is 0.278. The van der Waals surface area contributed by atoms with E-state index < -0.39 is 35.7 Å². The van der Waals surface area contributed by atoms with Gasteiger partial charge in [0.25, 0.3) is 11.4 Å². The molecule has 0 aliphatic carbocycles. The number of esters is 1. The third-order valence-corrected chi connectivity index (χ3v) is 5.92. The Labute approximate surface area is 197 Å². The van der Waals surface area contributed by atoms with Crippen LogP contribution in [0.25, 0.3) is 0 Å². The maximum atomic E-state index is 13.5. The number of benzene rings is 2. The van der Waals surface area contributed by atoms with Gasteiger partial charge in [0.2, 0.25) is 0 Å². The lowest BCUT2D eigenvalue weighted by Gasteiger charge is -2.24. The maximum Gasteiger partial charge on any atom is 0.513 e. The molecule has 2 aromatic rings. The molecule has 0 aliphatic heterocycles. The second-order valence-corrected chi connectivity index (χ2v) is 9.19. The molecule has 0 spiro atoms. The zero-order valence-electron chi connectivity index (χ0n) is 17.4. The summed E-state index contributed by atoms with van der Waals surface area (Å²) in [6, 6.07) is 5.03. The number of rotatable bonds is 10. The van der Waals surface area contributed by atoms with Gasteiger partial charge in [0.1, 0.15) is 6.04 Å². The van der Waals surface area contributed by atoms with E-state index in [9.17, 15) is 29.6 Å². The topological polar surface area (TPSA) is 160 Å². The number of hydrogen-bond donors (Lipinski definition) is 1. The predicted octanol–water partition coefficient (Wildman–Crippen LogP) is 5.31. The lowest BCUT2D eigenvalue weighted by atomic mass is 10.3. The second-order valence-electron chi connectivity index (χ2n) is 6.76. The highest BCUT2D eigenvalue weighted by molar-refractivity contribution is 7.52. The Morgan fingerprint density at radius 3 is 1.70 bits per heavy atom. The fourth-order valence-electron chi connectivity index (χ4n) is 2.31. The highest BCUT2D eigenvalue weighted by atomic mass is 35.5. The summed E-state index contributed by atoms with van der Waals surface area (Å²) in [5.41, 5.74) is -0.688. The summed E-state index contributed by atoms with van der Waals surface area (Å²) in [5.74, 6) is -1.30. The van der Waals surface area contributed by atoms with E-state index in [2.05, 4.69) is 5.09 Å². The van der Waals surface area contributed by atoms with E-state index in [0.29, 0.717) is 0 Å². The molecule has 12 nitrogen and oxygen atoms in total. The number of nitro groups is 2. The quantitative estimate of drug-likeness (QED) is 0.188. The van der Waals surface area contributed by atoms with Crippen LogP contribution in [0, 0.1) is 20.2 Å². The summed E-state index contributed by atoms with van der Waals surface area (Å²) in [6.45, 7) is 4.56. The van der Waals surface area contributed by atoms with Crippen molar-refractivity contribution < 1.29 is 33.0 Å². The van der Waals surface area contributed by atoms with E-state index in [1.807, 2.05) is 0 Å². The molecular formula is C18H18Cl2N3O9P. The van der Waals surface area contributed by atoms with Crippen LogP contribution >= 0.6 is 30.9 Å². The summed E-state index contributed by atoms with van der Waals surface area (Å²) >= 11 is 12.0. The van der Waals surface area contributed by atoms with Crippen molar-refractivity contribution in [2.24, 2.45) is 0 Å². The van der Waals surface area contributed by atoms with Crippen LogP contribution in [-0.2, 0) is 14.1 Å². The average Bonchev–Trinajstić information content (AvgIpc) is 2.70. The van der Waals surface area contributed by atoms with Crippen molar-refractivity contribution in [3.63, 3.8) is 0 Å². The van der Waals surface area contributed by atoms with Crippen LogP contribution < -0.4 is 14.1 Å². The number of nitrogens with zero attached hydrogens (tertiary/aromatic N) is 2. The van der Waals surface area contributed by atoms with Crippen molar-refractivity contribution in [2.75, 3.05) is 0 Å². The van der Waals surface area contributed by atoms with E-state index in [1.165, 1.54) is 6.92 Å². The van der Waals surface area contributed by atoms with E-state index in [1.54, 1.807) is 13.8 Å². The van der Waals surface area contributed by atoms with Crippen molar-refractivity contribution >= 4 is 48.3 Å². The summed E-state index contributed by atoms with van der Waals surface area (Å²) in [4.78, 5) is 32.6. The molecular weight excluding hydrogens is 504 g/mol. The van der Waals surface area contributed by atoms with E-state index in [-0.39, 0.29) is 32.9 Å². The number of hydrogen-bond acceptors (Lipinski definition) is 9. The molecule has 0 aliphatic rings. The van der Waals surface area contributed by atoms with Gasteiger partial charge >= 0.3 is 13.7 Å². The molecule has 0 aromatic heterocycles. The molecule has 0 amide bonds. The van der Waals surface area contributed by atoms with Crippen LogP contribution in [0.5, 0.6) is 11.5 Å². The largest absolute Gasteiger partial charge is 0.513 e. The first kappa shape index (κ1) is 26.3. The summed E-state index contributed by atoms with van der Waals surface area (Å²) in [6.07, 6.45) is -0.462. The van der Waals surface area contributed by atoms with Gasteiger partial charge in [-0.1, -0.05) is 23.2 Å². The Kier molecular flexibility index (Phi) is 8.62. The van der Waals surface area contributed by atoms with Crippen LogP contribution in [0.15, 0.2) is 36.4 Å². The molecule has 2 rings (SSSR count). The van der Waals surface area contributed by atoms with Crippen molar-refractivity contribution in [3.8, 4) is 11.5 Å². The van der Waals surface area contributed by atoms with Gasteiger partial charge in [-0.15, -0.1) is 0 Å². The van der Waals surface area contributed by atoms with Gasteiger partial charge in [0, 0.05) is 24.3 Å². The van der Waals surface area contributed by atoms with Gasteiger partial charge in [-0.2, -0.15) is 5.09 Å². The Balaban J connectivity index is 2.41. The molecule has 178 valence electrons. The smallest absolute Gasteiger partial charge is 0.462 e. The molecule has 0 unspecified atom stereocenters. The van der Waals surface area contributed by atoms with Crippen LogP contribution in [0.3, 0.4) is 0 Å². The van der Waals surface area contributed by atoms with Crippen molar-refractivity contribution in [2.45, 2.75) is 32.9 Å². The first-order valence-corrected chi connectivity index (χ1v) is 11.5. The molecule has 0 saturated heterocycles. The highest BCUT2D eigenvalue weighted by Crippen LogP contribution is 2.49. The lowest BCUT2D eigenvalue weighted by molar-refractivity contribution is -0.385. The monoisotopic (exact) mass is 521 g/mol. The zero-order chi connectivity index (χ0) is 24.9. The van der Waals surface area contributed by atoms with Gasteiger partial charge < -0.3 is 13.8 Å². The summed E-state index contributed by atoms with van der Waals surface area (Å²) in [7, 11) is -4.51. The standard InChI is InChI=1S/C18H18Cl2N3O9P/c1-10(2)30-18(24)11(3)21-33(29,31-16-6-4-12(22(25)26)8-14(16)19)32-17-7-5-13(23(27)28)9-15(17)20/h4-11H,1-3H3,(H,21,29)/t11-/m0/s1. The molecule has 1 N–H and O–H groups in total. The summed E-state index contributed by atoms with van der Waals surface area (Å²) < 4.78 is 29.4. The second kappa shape index (κ2) is 10.8. The van der Waals surface area contributed by atoms with E-state index in [0.717, 1.165) is 36.4 Å². The Morgan fingerprint density at radius 2 is 1.36 bits per heavy atom. The van der Waals surface area contributed by atoms with Crippen molar-refractivity contribution in [1.29, 1.82) is 0 Å².